The SMILES string of the molecule is NCC(=O)NCC(=O)NC(CCCN=C(N)N)C(=O)NCC(=O)NCC(=O)O. The molecule has 0 radical (unpaired) electrons. The maximum Gasteiger partial charge on any atom is 0.322 e. The third kappa shape index (κ3) is 12.9. The molecule has 0 rings (SSSR count). The molecule has 0 fully saturated rings. The lowest BCUT2D eigenvalue weighted by molar-refractivity contribution is -0.138. The van der Waals surface area contributed by atoms with E-state index in [1.807, 2.05) is 0 Å². The lowest BCUT2D eigenvalue weighted by Gasteiger charge is -2.18. The Hall–Kier alpha value is -3.42. The van der Waals surface area contributed by atoms with Crippen molar-refractivity contribution in [3.63, 3.8) is 0 Å². The predicted octanol–water partition coefficient (Wildman–Crippen LogP) is -5.08. The molecule has 0 aromatic heterocycles. The Kier molecular flexibility index (Phi) is 12.1. The van der Waals surface area contributed by atoms with Gasteiger partial charge in [0.05, 0.1) is 19.6 Å². The van der Waals surface area contributed by atoms with Crippen LogP contribution < -0.4 is 38.5 Å². The summed E-state index contributed by atoms with van der Waals surface area (Å²) in [5.41, 5.74) is 15.5. The van der Waals surface area contributed by atoms with Crippen LogP contribution in [0.4, 0.5) is 0 Å². The number of carboxylic acids is 1. The van der Waals surface area contributed by atoms with Crippen molar-refractivity contribution in [1.82, 2.24) is 21.3 Å². The van der Waals surface area contributed by atoms with Gasteiger partial charge in [-0.2, -0.15) is 0 Å². The van der Waals surface area contributed by atoms with E-state index in [2.05, 4.69) is 26.3 Å². The number of carboxylic acid groups (broad SMARTS) is 1. The second-order valence-electron chi connectivity index (χ2n) is 5.44. The van der Waals surface area contributed by atoms with Gasteiger partial charge in [0, 0.05) is 6.54 Å². The third-order valence-corrected chi connectivity index (χ3v) is 3.09. The topological polar surface area (TPSA) is 244 Å². The number of aliphatic carboxylic acids is 1. The maximum absolute atomic E-state index is 12.2. The number of carbonyl (C=O) groups excluding carboxylic acids is 4. The summed E-state index contributed by atoms with van der Waals surface area (Å²) >= 11 is 0. The highest BCUT2D eigenvalue weighted by Gasteiger charge is 2.21. The third-order valence-electron chi connectivity index (χ3n) is 3.09. The van der Waals surface area contributed by atoms with Crippen molar-refractivity contribution in [2.24, 2.45) is 22.2 Å². The summed E-state index contributed by atoms with van der Waals surface area (Å²) in [6.45, 7) is -1.52. The van der Waals surface area contributed by atoms with Gasteiger partial charge in [-0.1, -0.05) is 0 Å². The van der Waals surface area contributed by atoms with Crippen LogP contribution in [0.1, 0.15) is 12.8 Å². The zero-order valence-electron chi connectivity index (χ0n) is 15.2. The van der Waals surface area contributed by atoms with Gasteiger partial charge in [-0.25, -0.2) is 0 Å². The average Bonchev–Trinajstić information content (AvgIpc) is 2.64. The molecule has 0 aliphatic heterocycles. The summed E-state index contributed by atoms with van der Waals surface area (Å²) in [6, 6.07) is -1.02. The van der Waals surface area contributed by atoms with Crippen molar-refractivity contribution in [3.8, 4) is 0 Å². The van der Waals surface area contributed by atoms with E-state index in [1.165, 1.54) is 0 Å². The first-order chi connectivity index (χ1) is 13.1. The molecule has 0 saturated carbocycles. The van der Waals surface area contributed by atoms with Crippen LogP contribution in [-0.4, -0.2) is 79.4 Å². The van der Waals surface area contributed by atoms with Gasteiger partial charge in [-0.3, -0.25) is 29.0 Å². The number of hydrogen-bond donors (Lipinski definition) is 8. The molecule has 0 aromatic rings. The van der Waals surface area contributed by atoms with Gasteiger partial charge in [-0.15, -0.1) is 0 Å². The fourth-order valence-electron chi connectivity index (χ4n) is 1.80. The standard InChI is InChI=1S/C14H26N8O6/c15-4-9(23)19-6-11(25)22-8(2-1-3-18-14(16)17)13(28)21-5-10(24)20-7-12(26)27/h8H,1-7,15H2,(H,19,23)(H,20,24)(H,21,28)(H,22,25)(H,26,27)(H4,16,17,18). The van der Waals surface area contributed by atoms with Crippen LogP contribution >= 0.6 is 0 Å². The highest BCUT2D eigenvalue weighted by Crippen LogP contribution is 1.99. The van der Waals surface area contributed by atoms with Crippen LogP contribution in [-0.2, 0) is 24.0 Å². The molecule has 0 aliphatic carbocycles. The predicted molar refractivity (Wildman–Crippen MR) is 97.6 cm³/mol. The summed E-state index contributed by atoms with van der Waals surface area (Å²) in [5, 5.41) is 17.5. The first-order valence-electron chi connectivity index (χ1n) is 8.23. The Morgan fingerprint density at radius 3 is 2.07 bits per heavy atom. The Bertz CT molecular complexity index is 605. The van der Waals surface area contributed by atoms with Gasteiger partial charge in [0.1, 0.15) is 12.6 Å². The van der Waals surface area contributed by atoms with Crippen LogP contribution in [0, 0.1) is 0 Å². The summed E-state index contributed by atoms with van der Waals surface area (Å²) in [6.07, 6.45) is 0.493. The van der Waals surface area contributed by atoms with Crippen LogP contribution in [0.2, 0.25) is 0 Å². The largest absolute Gasteiger partial charge is 0.480 e. The van der Waals surface area contributed by atoms with Gasteiger partial charge in [0.2, 0.25) is 23.6 Å². The molecule has 158 valence electrons. The van der Waals surface area contributed by atoms with Crippen molar-refractivity contribution in [2.45, 2.75) is 18.9 Å². The molecule has 0 heterocycles. The van der Waals surface area contributed by atoms with Gasteiger partial charge < -0.3 is 43.6 Å². The number of nitrogens with zero attached hydrogens (tertiary/aromatic N) is 1. The number of amides is 4. The average molecular weight is 402 g/mol. The Balaban J connectivity index is 4.67. The number of guanidine groups is 1. The number of aliphatic imine (C=N–C) groups is 1. The Labute approximate surface area is 160 Å². The molecule has 1 unspecified atom stereocenters. The second kappa shape index (κ2) is 13.7. The maximum atomic E-state index is 12.2. The summed E-state index contributed by atoms with van der Waals surface area (Å²) in [4.78, 5) is 60.8. The van der Waals surface area contributed by atoms with Crippen LogP contribution in [0.3, 0.4) is 0 Å². The van der Waals surface area contributed by atoms with Crippen LogP contribution in [0.15, 0.2) is 4.99 Å². The number of nitrogens with one attached hydrogen (secondary N) is 4. The minimum atomic E-state index is -1.23. The smallest absolute Gasteiger partial charge is 0.322 e. The van der Waals surface area contributed by atoms with E-state index in [1.54, 1.807) is 0 Å². The number of rotatable bonds is 13. The minimum absolute atomic E-state index is 0.121. The van der Waals surface area contributed by atoms with Gasteiger partial charge in [0.25, 0.3) is 0 Å². The molecule has 14 nitrogen and oxygen atoms in total. The van der Waals surface area contributed by atoms with Gasteiger partial charge in [0.15, 0.2) is 5.96 Å². The summed E-state index contributed by atoms with van der Waals surface area (Å²) < 4.78 is 0. The molecule has 14 heteroatoms. The summed E-state index contributed by atoms with van der Waals surface area (Å²) in [5.74, 6) is -3.92. The highest BCUT2D eigenvalue weighted by molar-refractivity contribution is 5.92. The van der Waals surface area contributed by atoms with E-state index >= 15 is 0 Å². The van der Waals surface area contributed by atoms with Gasteiger partial charge >= 0.3 is 5.97 Å². The van der Waals surface area contributed by atoms with E-state index in [9.17, 15) is 24.0 Å². The number of nitrogens with two attached hydrogens (primary N) is 3. The molecule has 28 heavy (non-hydrogen) atoms. The molecule has 0 aromatic carbocycles. The first kappa shape index (κ1) is 24.6. The molecular weight excluding hydrogens is 376 g/mol. The normalized spacial score (nSPS) is 10.9. The Morgan fingerprint density at radius 1 is 0.893 bits per heavy atom. The van der Waals surface area contributed by atoms with Crippen LogP contribution in [0.5, 0.6) is 0 Å². The number of hydrogen-bond acceptors (Lipinski definition) is 7. The van der Waals surface area contributed by atoms with Crippen molar-refractivity contribution >= 4 is 35.6 Å². The lowest BCUT2D eigenvalue weighted by atomic mass is 10.1. The first-order valence-corrected chi connectivity index (χ1v) is 8.23. The summed E-state index contributed by atoms with van der Waals surface area (Å²) in [7, 11) is 0. The molecule has 0 aliphatic rings. The molecule has 0 bridgehead atoms. The molecule has 0 saturated heterocycles. The quantitative estimate of drug-likeness (QED) is 0.0832. The zero-order chi connectivity index (χ0) is 21.5. The van der Waals surface area contributed by atoms with Gasteiger partial charge in [-0.05, 0) is 12.8 Å². The zero-order valence-corrected chi connectivity index (χ0v) is 15.2. The van der Waals surface area contributed by atoms with E-state index in [-0.39, 0.29) is 32.0 Å². The molecule has 4 amide bonds. The van der Waals surface area contributed by atoms with Crippen molar-refractivity contribution in [3.05, 3.63) is 0 Å². The molecule has 11 N–H and O–H groups in total. The van der Waals surface area contributed by atoms with E-state index in [0.717, 1.165) is 0 Å². The Morgan fingerprint density at radius 2 is 1.50 bits per heavy atom. The lowest BCUT2D eigenvalue weighted by Crippen LogP contribution is -2.51. The van der Waals surface area contributed by atoms with E-state index in [0.29, 0.717) is 6.42 Å². The van der Waals surface area contributed by atoms with Crippen LogP contribution in [0.25, 0.3) is 0 Å². The molecule has 1 atom stereocenters. The number of carbonyl (C=O) groups is 5. The van der Waals surface area contributed by atoms with Crippen molar-refractivity contribution in [1.29, 1.82) is 0 Å². The fourth-order valence-corrected chi connectivity index (χ4v) is 1.80. The van der Waals surface area contributed by atoms with E-state index < -0.39 is 48.7 Å². The van der Waals surface area contributed by atoms with E-state index in [4.69, 9.17) is 22.3 Å². The highest BCUT2D eigenvalue weighted by atomic mass is 16.4. The second-order valence-corrected chi connectivity index (χ2v) is 5.44. The molecule has 0 spiro atoms. The fraction of sp³-hybridized carbons (Fsp3) is 0.571. The van der Waals surface area contributed by atoms with Crippen molar-refractivity contribution < 1.29 is 29.1 Å². The monoisotopic (exact) mass is 402 g/mol. The minimum Gasteiger partial charge on any atom is -0.480 e. The molecular formula is C14H26N8O6. The van der Waals surface area contributed by atoms with Crippen molar-refractivity contribution in [2.75, 3.05) is 32.7 Å².